The van der Waals surface area contributed by atoms with Gasteiger partial charge in [-0.2, -0.15) is 0 Å². The van der Waals surface area contributed by atoms with Crippen LogP contribution in [0.4, 0.5) is 0 Å². The van der Waals surface area contributed by atoms with Crippen LogP contribution in [0.2, 0.25) is 0 Å². The quantitative estimate of drug-likeness (QED) is 0.733. The molecule has 1 saturated carbocycles. The number of nitrogens with one attached hydrogen (secondary N) is 1. The number of ether oxygens (including phenoxy) is 1. The van der Waals surface area contributed by atoms with Crippen LogP contribution >= 0.6 is 0 Å². The Morgan fingerprint density at radius 3 is 2.52 bits per heavy atom. The van der Waals surface area contributed by atoms with Crippen molar-refractivity contribution in [3.8, 4) is 0 Å². The molecule has 1 saturated heterocycles. The van der Waals surface area contributed by atoms with E-state index in [4.69, 9.17) is 4.74 Å². The van der Waals surface area contributed by atoms with Gasteiger partial charge in [-0.3, -0.25) is 4.90 Å². The summed E-state index contributed by atoms with van der Waals surface area (Å²) in [5, 5.41) is 3.51. The van der Waals surface area contributed by atoms with E-state index in [1.807, 2.05) is 6.92 Å². The highest BCUT2D eigenvalue weighted by molar-refractivity contribution is 5.82. The van der Waals surface area contributed by atoms with Gasteiger partial charge < -0.3 is 10.1 Å². The molecule has 4 heteroatoms. The molecule has 1 heterocycles. The minimum absolute atomic E-state index is 0.0415. The lowest BCUT2D eigenvalue weighted by atomic mass is 9.87. The number of rotatable bonds is 7. The smallest absolute Gasteiger partial charge is 0.327 e. The minimum Gasteiger partial charge on any atom is -0.465 e. The highest BCUT2D eigenvalue weighted by atomic mass is 16.5. The Bertz CT molecular complexity index is 357. The molecule has 2 rings (SSSR count). The minimum atomic E-state index is -0.487. The largest absolute Gasteiger partial charge is 0.465 e. The zero-order chi connectivity index (χ0) is 15.5. The van der Waals surface area contributed by atoms with E-state index in [1.165, 1.54) is 12.8 Å². The van der Waals surface area contributed by atoms with E-state index in [-0.39, 0.29) is 5.97 Å². The van der Waals surface area contributed by atoms with Gasteiger partial charge >= 0.3 is 5.97 Å². The molecule has 3 atom stereocenters. The van der Waals surface area contributed by atoms with Gasteiger partial charge in [-0.25, -0.2) is 4.79 Å². The Hall–Kier alpha value is -0.610. The fourth-order valence-corrected chi connectivity index (χ4v) is 3.80. The Labute approximate surface area is 129 Å². The molecule has 0 bridgehead atoms. The lowest BCUT2D eigenvalue weighted by molar-refractivity contribution is -0.154. The van der Waals surface area contributed by atoms with Crippen molar-refractivity contribution in [3.05, 3.63) is 0 Å². The number of carbonyl (C=O) groups is 1. The summed E-state index contributed by atoms with van der Waals surface area (Å²) in [6.45, 7) is 11.8. The van der Waals surface area contributed by atoms with E-state index in [1.54, 1.807) is 0 Å². The number of esters is 1. The van der Waals surface area contributed by atoms with Gasteiger partial charge in [0.15, 0.2) is 0 Å². The maximum Gasteiger partial charge on any atom is 0.327 e. The fourth-order valence-electron chi connectivity index (χ4n) is 3.80. The number of likely N-dealkylation sites (tertiary alicyclic amines) is 1. The molecule has 3 unspecified atom stereocenters. The average molecular weight is 296 g/mol. The topological polar surface area (TPSA) is 41.6 Å². The third-order valence-electron chi connectivity index (χ3n) is 5.13. The van der Waals surface area contributed by atoms with E-state index in [2.05, 4.69) is 31.0 Å². The summed E-state index contributed by atoms with van der Waals surface area (Å²) in [6.07, 6.45) is 4.75. The fraction of sp³-hybridized carbons (Fsp3) is 0.941. The van der Waals surface area contributed by atoms with Gasteiger partial charge in [0, 0.05) is 12.6 Å². The van der Waals surface area contributed by atoms with Crippen LogP contribution in [0.1, 0.15) is 53.4 Å². The van der Waals surface area contributed by atoms with Crippen LogP contribution in [0.15, 0.2) is 0 Å². The van der Waals surface area contributed by atoms with Crippen molar-refractivity contribution in [1.29, 1.82) is 0 Å². The molecule has 21 heavy (non-hydrogen) atoms. The maximum atomic E-state index is 12.7. The van der Waals surface area contributed by atoms with Crippen LogP contribution in [-0.2, 0) is 9.53 Å². The molecule has 0 radical (unpaired) electrons. The summed E-state index contributed by atoms with van der Waals surface area (Å²) < 4.78 is 5.43. The Morgan fingerprint density at radius 1 is 1.29 bits per heavy atom. The summed E-state index contributed by atoms with van der Waals surface area (Å²) in [5.41, 5.74) is -0.487. The van der Waals surface area contributed by atoms with Gasteiger partial charge in [0.2, 0.25) is 0 Å². The predicted molar refractivity (Wildman–Crippen MR) is 85.2 cm³/mol. The van der Waals surface area contributed by atoms with Gasteiger partial charge in [0.25, 0.3) is 0 Å². The zero-order valence-electron chi connectivity index (χ0n) is 14.2. The molecule has 0 aromatic rings. The number of hydrogen-bond acceptors (Lipinski definition) is 4. The lowest BCUT2D eigenvalue weighted by Gasteiger charge is -2.43. The zero-order valence-corrected chi connectivity index (χ0v) is 14.2. The first-order valence-corrected chi connectivity index (χ1v) is 8.69. The Kier molecular flexibility index (Phi) is 5.67. The molecule has 0 spiro atoms. The van der Waals surface area contributed by atoms with Crippen LogP contribution in [0.25, 0.3) is 0 Å². The number of carbonyl (C=O) groups excluding carboxylic acids is 1. The van der Waals surface area contributed by atoms with Crippen molar-refractivity contribution in [2.45, 2.75) is 65.0 Å². The first-order valence-electron chi connectivity index (χ1n) is 8.69. The number of nitrogens with zero attached hydrogens (tertiary/aromatic N) is 1. The Balaban J connectivity index is 2.13. The second-order valence-electron chi connectivity index (χ2n) is 6.95. The first kappa shape index (κ1) is 16.8. The van der Waals surface area contributed by atoms with Crippen molar-refractivity contribution >= 4 is 5.97 Å². The first-order chi connectivity index (χ1) is 10.0. The van der Waals surface area contributed by atoms with Crippen LogP contribution < -0.4 is 5.32 Å². The van der Waals surface area contributed by atoms with Crippen molar-refractivity contribution in [2.75, 3.05) is 26.2 Å². The molecule has 0 aromatic carbocycles. The van der Waals surface area contributed by atoms with E-state index in [0.717, 1.165) is 38.4 Å². The number of piperidine rings is 1. The Morgan fingerprint density at radius 2 is 2.00 bits per heavy atom. The molecule has 1 aliphatic carbocycles. The molecule has 1 N–H and O–H groups in total. The number of hydrogen-bond donors (Lipinski definition) is 1. The average Bonchev–Trinajstić information content (AvgIpc) is 3.26. The maximum absolute atomic E-state index is 12.7. The standard InChI is InChI=1S/C17H32N2O2/c1-5-18-17(15-7-8-15,16(20)21-6-2)12-19-10-9-13(3)11-14(19)4/h13-15,18H,5-12H2,1-4H3. The second kappa shape index (κ2) is 7.10. The predicted octanol–water partition coefficient (Wildman–Crippen LogP) is 2.43. The van der Waals surface area contributed by atoms with E-state index < -0.39 is 5.54 Å². The summed E-state index contributed by atoms with van der Waals surface area (Å²) in [5.74, 6) is 1.21. The molecule has 1 aliphatic heterocycles. The van der Waals surface area contributed by atoms with Gasteiger partial charge in [-0.1, -0.05) is 13.8 Å². The molecular formula is C17H32N2O2. The van der Waals surface area contributed by atoms with Gasteiger partial charge in [-0.05, 0) is 64.5 Å². The summed E-state index contributed by atoms with van der Waals surface area (Å²) in [6, 6.07) is 0.556. The highest BCUT2D eigenvalue weighted by Crippen LogP contribution is 2.42. The third-order valence-corrected chi connectivity index (χ3v) is 5.13. The number of likely N-dealkylation sites (N-methyl/N-ethyl adjacent to an activating group) is 1. The molecule has 4 nitrogen and oxygen atoms in total. The van der Waals surface area contributed by atoms with Crippen molar-refractivity contribution in [1.82, 2.24) is 10.2 Å². The molecular weight excluding hydrogens is 264 g/mol. The normalized spacial score (nSPS) is 29.9. The van der Waals surface area contributed by atoms with E-state index in [9.17, 15) is 4.79 Å². The van der Waals surface area contributed by atoms with Gasteiger partial charge in [-0.15, -0.1) is 0 Å². The van der Waals surface area contributed by atoms with Gasteiger partial charge in [0.05, 0.1) is 6.61 Å². The second-order valence-corrected chi connectivity index (χ2v) is 6.95. The summed E-state index contributed by atoms with van der Waals surface area (Å²) >= 11 is 0. The van der Waals surface area contributed by atoms with Crippen LogP contribution in [0, 0.1) is 11.8 Å². The van der Waals surface area contributed by atoms with Crippen LogP contribution in [0.5, 0.6) is 0 Å². The highest BCUT2D eigenvalue weighted by Gasteiger charge is 2.52. The van der Waals surface area contributed by atoms with Crippen molar-refractivity contribution < 1.29 is 9.53 Å². The molecule has 0 amide bonds. The molecule has 2 fully saturated rings. The monoisotopic (exact) mass is 296 g/mol. The summed E-state index contributed by atoms with van der Waals surface area (Å²) in [4.78, 5) is 15.2. The SMILES string of the molecule is CCNC(CN1CCC(C)CC1C)(C(=O)OCC)C1CC1. The van der Waals surface area contributed by atoms with Crippen LogP contribution in [0.3, 0.4) is 0 Å². The van der Waals surface area contributed by atoms with E-state index in [0.29, 0.717) is 18.6 Å². The van der Waals surface area contributed by atoms with Crippen molar-refractivity contribution in [3.63, 3.8) is 0 Å². The lowest BCUT2D eigenvalue weighted by Crippen LogP contribution is -2.63. The molecule has 2 aliphatic rings. The van der Waals surface area contributed by atoms with E-state index >= 15 is 0 Å². The molecule has 0 aromatic heterocycles. The third kappa shape index (κ3) is 3.78. The molecule has 122 valence electrons. The van der Waals surface area contributed by atoms with Gasteiger partial charge in [0.1, 0.15) is 5.54 Å². The van der Waals surface area contributed by atoms with Crippen molar-refractivity contribution in [2.24, 2.45) is 11.8 Å². The summed E-state index contributed by atoms with van der Waals surface area (Å²) in [7, 11) is 0. The van der Waals surface area contributed by atoms with Crippen LogP contribution in [-0.4, -0.2) is 48.7 Å².